The van der Waals surface area contributed by atoms with E-state index in [0.29, 0.717) is 0 Å². The number of amides is 1. The average molecular weight is 317 g/mol. The van der Waals surface area contributed by atoms with Crippen LogP contribution >= 0.6 is 0 Å². The Hall–Kier alpha value is -1.69. The third kappa shape index (κ3) is 4.64. The van der Waals surface area contributed by atoms with E-state index in [-0.39, 0.29) is 11.8 Å². The zero-order valence-corrected chi connectivity index (χ0v) is 13.8. The Morgan fingerprint density at radius 3 is 2.48 bits per heavy atom. The molecule has 0 unspecified atom stereocenters. The highest BCUT2D eigenvalue weighted by Gasteiger charge is 2.25. The van der Waals surface area contributed by atoms with Crippen molar-refractivity contribution in [2.75, 3.05) is 44.2 Å². The van der Waals surface area contributed by atoms with Gasteiger partial charge in [-0.05, 0) is 44.8 Å². The van der Waals surface area contributed by atoms with Gasteiger partial charge >= 0.3 is 0 Å². The molecule has 3 heterocycles. The summed E-state index contributed by atoms with van der Waals surface area (Å²) in [6.45, 7) is 5.85. The first-order valence-corrected chi connectivity index (χ1v) is 8.85. The van der Waals surface area contributed by atoms with Crippen molar-refractivity contribution in [2.45, 2.75) is 32.1 Å². The SMILES string of the molecule is O=C(NCCN1CCCCC1)C1CCN(c2ncccn2)CC1. The minimum absolute atomic E-state index is 0.135. The van der Waals surface area contributed by atoms with E-state index in [1.807, 2.05) is 6.07 Å². The Balaban J connectivity index is 1.36. The standard InChI is InChI=1S/C17H27N5O/c23-16(18-9-14-21-10-2-1-3-11-21)15-5-12-22(13-6-15)17-19-7-4-8-20-17/h4,7-8,15H,1-3,5-6,9-14H2,(H,18,23). The molecular formula is C17H27N5O. The summed E-state index contributed by atoms with van der Waals surface area (Å²) >= 11 is 0. The molecule has 0 aliphatic carbocycles. The summed E-state index contributed by atoms with van der Waals surface area (Å²) in [5.74, 6) is 1.13. The maximum absolute atomic E-state index is 12.3. The summed E-state index contributed by atoms with van der Waals surface area (Å²) in [6.07, 6.45) is 9.25. The molecule has 2 fully saturated rings. The van der Waals surface area contributed by atoms with Gasteiger partial charge in [0.15, 0.2) is 0 Å². The van der Waals surface area contributed by atoms with E-state index >= 15 is 0 Å². The largest absolute Gasteiger partial charge is 0.355 e. The van der Waals surface area contributed by atoms with Gasteiger partial charge in [-0.2, -0.15) is 0 Å². The molecule has 6 heteroatoms. The van der Waals surface area contributed by atoms with Gasteiger partial charge in [-0.25, -0.2) is 9.97 Å². The number of carbonyl (C=O) groups is 1. The quantitative estimate of drug-likeness (QED) is 0.887. The van der Waals surface area contributed by atoms with Gasteiger partial charge in [0, 0.05) is 44.5 Å². The van der Waals surface area contributed by atoms with Crippen LogP contribution in [0.2, 0.25) is 0 Å². The lowest BCUT2D eigenvalue weighted by Crippen LogP contribution is -2.43. The molecule has 2 aliphatic rings. The lowest BCUT2D eigenvalue weighted by Gasteiger charge is -2.31. The molecule has 0 radical (unpaired) electrons. The van der Waals surface area contributed by atoms with Crippen molar-refractivity contribution >= 4 is 11.9 Å². The molecule has 0 atom stereocenters. The fraction of sp³-hybridized carbons (Fsp3) is 0.706. The third-order valence-corrected chi connectivity index (χ3v) is 4.88. The first kappa shape index (κ1) is 16.2. The van der Waals surface area contributed by atoms with Crippen molar-refractivity contribution in [3.8, 4) is 0 Å². The summed E-state index contributed by atoms with van der Waals surface area (Å²) < 4.78 is 0. The summed E-state index contributed by atoms with van der Waals surface area (Å²) in [5.41, 5.74) is 0. The normalized spacial score (nSPS) is 20.4. The molecule has 0 saturated carbocycles. The first-order valence-electron chi connectivity index (χ1n) is 8.85. The van der Waals surface area contributed by atoms with E-state index in [1.54, 1.807) is 12.4 Å². The molecule has 1 aromatic heterocycles. The topological polar surface area (TPSA) is 61.4 Å². The second-order valence-electron chi connectivity index (χ2n) is 6.50. The molecular weight excluding hydrogens is 290 g/mol. The second kappa shape index (κ2) is 8.24. The number of rotatable bonds is 5. The van der Waals surface area contributed by atoms with Crippen molar-refractivity contribution in [1.82, 2.24) is 20.2 Å². The summed E-state index contributed by atoms with van der Waals surface area (Å²) in [4.78, 5) is 25.5. The number of hydrogen-bond acceptors (Lipinski definition) is 5. The minimum atomic E-state index is 0.135. The number of aromatic nitrogens is 2. The number of likely N-dealkylation sites (tertiary alicyclic amines) is 1. The number of nitrogens with zero attached hydrogens (tertiary/aromatic N) is 4. The van der Waals surface area contributed by atoms with Gasteiger partial charge in [-0.3, -0.25) is 4.79 Å². The Morgan fingerprint density at radius 1 is 1.09 bits per heavy atom. The zero-order valence-electron chi connectivity index (χ0n) is 13.8. The molecule has 23 heavy (non-hydrogen) atoms. The number of piperidine rings is 2. The zero-order chi connectivity index (χ0) is 15.9. The van der Waals surface area contributed by atoms with Crippen LogP contribution in [0.25, 0.3) is 0 Å². The van der Waals surface area contributed by atoms with Crippen molar-refractivity contribution < 1.29 is 4.79 Å². The maximum Gasteiger partial charge on any atom is 0.225 e. The Morgan fingerprint density at radius 2 is 1.78 bits per heavy atom. The fourth-order valence-electron chi connectivity index (χ4n) is 3.46. The van der Waals surface area contributed by atoms with E-state index in [0.717, 1.165) is 45.0 Å². The van der Waals surface area contributed by atoms with E-state index in [1.165, 1.54) is 32.4 Å². The van der Waals surface area contributed by atoms with Gasteiger partial charge in [0.05, 0.1) is 0 Å². The van der Waals surface area contributed by atoms with Gasteiger partial charge < -0.3 is 15.1 Å². The first-order chi connectivity index (χ1) is 11.3. The van der Waals surface area contributed by atoms with Gasteiger partial charge in [0.2, 0.25) is 11.9 Å². The Labute approximate surface area is 138 Å². The van der Waals surface area contributed by atoms with E-state index < -0.39 is 0 Å². The van der Waals surface area contributed by atoms with E-state index in [2.05, 4.69) is 25.1 Å². The molecule has 2 saturated heterocycles. The van der Waals surface area contributed by atoms with E-state index in [4.69, 9.17) is 0 Å². The van der Waals surface area contributed by atoms with Crippen molar-refractivity contribution in [3.05, 3.63) is 18.5 Å². The lowest BCUT2D eigenvalue weighted by molar-refractivity contribution is -0.125. The van der Waals surface area contributed by atoms with Crippen LogP contribution in [0.1, 0.15) is 32.1 Å². The smallest absolute Gasteiger partial charge is 0.225 e. The van der Waals surface area contributed by atoms with Crippen LogP contribution in [-0.4, -0.2) is 60.0 Å². The van der Waals surface area contributed by atoms with Crippen LogP contribution < -0.4 is 10.2 Å². The highest BCUT2D eigenvalue weighted by molar-refractivity contribution is 5.78. The van der Waals surface area contributed by atoms with Crippen LogP contribution in [0.15, 0.2) is 18.5 Å². The molecule has 0 spiro atoms. The van der Waals surface area contributed by atoms with Crippen molar-refractivity contribution in [2.24, 2.45) is 5.92 Å². The molecule has 1 N–H and O–H groups in total. The van der Waals surface area contributed by atoms with Crippen molar-refractivity contribution in [3.63, 3.8) is 0 Å². The Kier molecular flexibility index (Phi) is 5.80. The second-order valence-corrected chi connectivity index (χ2v) is 6.50. The van der Waals surface area contributed by atoms with Gasteiger partial charge in [0.1, 0.15) is 0 Å². The summed E-state index contributed by atoms with van der Waals surface area (Å²) in [5, 5.41) is 3.12. The summed E-state index contributed by atoms with van der Waals surface area (Å²) in [6, 6.07) is 1.83. The predicted octanol–water partition coefficient (Wildman–Crippen LogP) is 1.30. The molecule has 0 bridgehead atoms. The van der Waals surface area contributed by atoms with Crippen LogP contribution in [0.3, 0.4) is 0 Å². The molecule has 1 aromatic rings. The van der Waals surface area contributed by atoms with E-state index in [9.17, 15) is 4.79 Å². The third-order valence-electron chi connectivity index (χ3n) is 4.88. The molecule has 2 aliphatic heterocycles. The molecule has 6 nitrogen and oxygen atoms in total. The molecule has 126 valence electrons. The average Bonchev–Trinajstić information content (AvgIpc) is 2.63. The van der Waals surface area contributed by atoms with Crippen LogP contribution in [0.5, 0.6) is 0 Å². The van der Waals surface area contributed by atoms with Crippen LogP contribution in [0, 0.1) is 5.92 Å². The van der Waals surface area contributed by atoms with Crippen LogP contribution in [0.4, 0.5) is 5.95 Å². The Bertz CT molecular complexity index is 481. The maximum atomic E-state index is 12.3. The number of anilines is 1. The number of carbonyl (C=O) groups excluding carboxylic acids is 1. The van der Waals surface area contributed by atoms with Gasteiger partial charge in [-0.15, -0.1) is 0 Å². The predicted molar refractivity (Wildman–Crippen MR) is 90.3 cm³/mol. The highest BCUT2D eigenvalue weighted by Crippen LogP contribution is 2.20. The van der Waals surface area contributed by atoms with Crippen molar-refractivity contribution in [1.29, 1.82) is 0 Å². The van der Waals surface area contributed by atoms with Gasteiger partial charge in [-0.1, -0.05) is 6.42 Å². The number of hydrogen-bond donors (Lipinski definition) is 1. The monoisotopic (exact) mass is 317 g/mol. The molecule has 0 aromatic carbocycles. The highest BCUT2D eigenvalue weighted by atomic mass is 16.1. The van der Waals surface area contributed by atoms with Crippen LogP contribution in [-0.2, 0) is 4.79 Å². The molecule has 1 amide bonds. The molecule has 3 rings (SSSR count). The summed E-state index contributed by atoms with van der Waals surface area (Å²) in [7, 11) is 0. The fourth-order valence-corrected chi connectivity index (χ4v) is 3.46. The van der Waals surface area contributed by atoms with Gasteiger partial charge in [0.25, 0.3) is 0 Å². The lowest BCUT2D eigenvalue weighted by atomic mass is 9.96. The number of nitrogens with one attached hydrogen (secondary N) is 1. The minimum Gasteiger partial charge on any atom is -0.355 e.